The van der Waals surface area contributed by atoms with Gasteiger partial charge < -0.3 is 14.2 Å². The van der Waals surface area contributed by atoms with Crippen molar-refractivity contribution in [3.63, 3.8) is 0 Å². The van der Waals surface area contributed by atoms with Crippen LogP contribution in [-0.2, 0) is 24.8 Å². The van der Waals surface area contributed by atoms with E-state index < -0.39 is 5.79 Å². The van der Waals surface area contributed by atoms with Gasteiger partial charge in [0, 0.05) is 5.56 Å². The fourth-order valence-electron chi connectivity index (χ4n) is 1.93. The number of hydrogen-bond donors (Lipinski definition) is 0. The lowest BCUT2D eigenvalue weighted by Crippen LogP contribution is -2.25. The van der Waals surface area contributed by atoms with Crippen LogP contribution in [-0.4, -0.2) is 25.8 Å². The molecule has 1 aromatic rings. The third-order valence-corrected chi connectivity index (χ3v) is 2.91. The van der Waals surface area contributed by atoms with Gasteiger partial charge in [-0.05, 0) is 19.1 Å². The fraction of sp³-hybridized carbons (Fsp3) is 0.462. The molecule has 0 bridgehead atoms. The van der Waals surface area contributed by atoms with Crippen molar-refractivity contribution in [3.05, 3.63) is 35.6 Å². The molecule has 1 saturated heterocycles. The number of esters is 1. The molecular weight excluding hydrogens is 239 g/mol. The van der Waals surface area contributed by atoms with Crippen molar-refractivity contribution in [2.24, 2.45) is 0 Å². The number of rotatable bonds is 3. The Bertz CT molecular complexity index is 448. The van der Waals surface area contributed by atoms with Crippen molar-refractivity contribution < 1.29 is 23.4 Å². The summed E-state index contributed by atoms with van der Waals surface area (Å²) >= 11 is 0. The van der Waals surface area contributed by atoms with Crippen LogP contribution in [0.1, 0.15) is 18.9 Å². The number of ether oxygens (including phenoxy) is 3. The van der Waals surface area contributed by atoms with Gasteiger partial charge in [0.05, 0.1) is 26.2 Å². The second kappa shape index (κ2) is 5.04. The number of carbonyl (C=O) groups excluding carboxylic acids is 1. The van der Waals surface area contributed by atoms with E-state index in [-0.39, 0.29) is 30.9 Å². The predicted octanol–water partition coefficient (Wildman–Crippen LogP) is 1.98. The molecule has 0 amide bonds. The van der Waals surface area contributed by atoms with Crippen molar-refractivity contribution in [1.82, 2.24) is 0 Å². The number of hydrogen-bond acceptors (Lipinski definition) is 4. The van der Waals surface area contributed by atoms with Crippen LogP contribution in [0.4, 0.5) is 4.39 Å². The first-order valence-electron chi connectivity index (χ1n) is 5.68. The van der Waals surface area contributed by atoms with Gasteiger partial charge in [0.2, 0.25) is 0 Å². The van der Waals surface area contributed by atoms with E-state index in [0.717, 1.165) is 0 Å². The number of halogens is 1. The molecule has 98 valence electrons. The summed E-state index contributed by atoms with van der Waals surface area (Å²) in [5.41, 5.74) is 0.592. The highest BCUT2D eigenvalue weighted by Crippen LogP contribution is 2.34. The van der Waals surface area contributed by atoms with Gasteiger partial charge in [-0.2, -0.15) is 0 Å². The Morgan fingerprint density at radius 2 is 2.39 bits per heavy atom. The normalized spacial score (nSPS) is 27.2. The third-order valence-electron chi connectivity index (χ3n) is 2.91. The highest BCUT2D eigenvalue weighted by atomic mass is 19.1. The summed E-state index contributed by atoms with van der Waals surface area (Å²) in [4.78, 5) is 11.2. The zero-order chi connectivity index (χ0) is 13.2. The Morgan fingerprint density at radius 3 is 3.06 bits per heavy atom. The van der Waals surface area contributed by atoms with Crippen LogP contribution in [0.15, 0.2) is 24.3 Å². The summed E-state index contributed by atoms with van der Waals surface area (Å²) in [7, 11) is 1.32. The molecule has 1 aliphatic rings. The van der Waals surface area contributed by atoms with E-state index in [1.54, 1.807) is 19.1 Å². The molecule has 2 atom stereocenters. The number of methoxy groups -OCH3 is 1. The second-order valence-electron chi connectivity index (χ2n) is 4.29. The minimum atomic E-state index is -1.01. The molecule has 18 heavy (non-hydrogen) atoms. The molecule has 4 nitrogen and oxygen atoms in total. The number of carbonyl (C=O) groups is 1. The zero-order valence-electron chi connectivity index (χ0n) is 10.3. The second-order valence-corrected chi connectivity index (χ2v) is 4.29. The van der Waals surface area contributed by atoms with E-state index in [2.05, 4.69) is 4.74 Å². The largest absolute Gasteiger partial charge is 0.469 e. The predicted molar refractivity (Wildman–Crippen MR) is 61.2 cm³/mol. The molecule has 1 aliphatic heterocycles. The van der Waals surface area contributed by atoms with E-state index in [1.165, 1.54) is 19.2 Å². The Balaban J connectivity index is 2.08. The highest BCUT2D eigenvalue weighted by molar-refractivity contribution is 5.69. The Hall–Kier alpha value is -1.46. The van der Waals surface area contributed by atoms with Crippen molar-refractivity contribution in [2.75, 3.05) is 13.7 Å². The van der Waals surface area contributed by atoms with Crippen molar-refractivity contribution in [1.29, 1.82) is 0 Å². The topological polar surface area (TPSA) is 44.8 Å². The lowest BCUT2D eigenvalue weighted by molar-refractivity contribution is -0.166. The first-order valence-corrected chi connectivity index (χ1v) is 5.68. The summed E-state index contributed by atoms with van der Waals surface area (Å²) in [6.45, 7) is 1.99. The summed E-state index contributed by atoms with van der Waals surface area (Å²) in [6, 6.07) is 6.04. The lowest BCUT2D eigenvalue weighted by atomic mass is 10.1. The van der Waals surface area contributed by atoms with E-state index >= 15 is 0 Å². The maximum atomic E-state index is 13.2. The van der Waals surface area contributed by atoms with Crippen molar-refractivity contribution in [3.8, 4) is 0 Å². The van der Waals surface area contributed by atoms with Gasteiger partial charge in [-0.25, -0.2) is 4.39 Å². The van der Waals surface area contributed by atoms with E-state index in [4.69, 9.17) is 9.47 Å². The molecule has 2 unspecified atom stereocenters. The van der Waals surface area contributed by atoms with Gasteiger partial charge in [-0.1, -0.05) is 12.1 Å². The van der Waals surface area contributed by atoms with Crippen molar-refractivity contribution in [2.45, 2.75) is 25.2 Å². The monoisotopic (exact) mass is 254 g/mol. The average molecular weight is 254 g/mol. The maximum Gasteiger partial charge on any atom is 0.308 e. The smallest absolute Gasteiger partial charge is 0.308 e. The summed E-state index contributed by atoms with van der Waals surface area (Å²) in [5, 5.41) is 0. The quantitative estimate of drug-likeness (QED) is 0.774. The lowest BCUT2D eigenvalue weighted by Gasteiger charge is -2.23. The van der Waals surface area contributed by atoms with Crippen molar-refractivity contribution >= 4 is 5.97 Å². The van der Waals surface area contributed by atoms with Crippen LogP contribution >= 0.6 is 0 Å². The van der Waals surface area contributed by atoms with Gasteiger partial charge >= 0.3 is 5.97 Å². The average Bonchev–Trinajstić information content (AvgIpc) is 2.72. The van der Waals surface area contributed by atoms with Gasteiger partial charge in [-0.3, -0.25) is 4.79 Å². The van der Waals surface area contributed by atoms with Gasteiger partial charge in [-0.15, -0.1) is 0 Å². The summed E-state index contributed by atoms with van der Waals surface area (Å²) in [5.74, 6) is -1.72. The Labute approximate surface area is 105 Å². The van der Waals surface area contributed by atoms with Gasteiger partial charge in [0.15, 0.2) is 5.79 Å². The van der Waals surface area contributed by atoms with E-state index in [0.29, 0.717) is 5.56 Å². The molecule has 5 heteroatoms. The minimum Gasteiger partial charge on any atom is -0.469 e. The van der Waals surface area contributed by atoms with Crippen LogP contribution in [0.5, 0.6) is 0 Å². The zero-order valence-corrected chi connectivity index (χ0v) is 10.3. The van der Waals surface area contributed by atoms with Gasteiger partial charge in [0.1, 0.15) is 5.82 Å². The standard InChI is InChI=1S/C13H15FO4/c1-13(9-4-3-5-10(14)6-9)17-8-11(18-13)7-12(15)16-2/h3-6,11H,7-8H2,1-2H3. The molecule has 0 radical (unpaired) electrons. The Kier molecular flexibility index (Phi) is 3.63. The number of benzene rings is 1. The molecule has 1 aromatic carbocycles. The SMILES string of the molecule is COC(=O)CC1COC(C)(c2cccc(F)c2)O1. The molecule has 0 saturated carbocycles. The minimum absolute atomic E-state index is 0.126. The first-order chi connectivity index (χ1) is 8.53. The van der Waals surface area contributed by atoms with Crippen LogP contribution in [0, 0.1) is 5.82 Å². The van der Waals surface area contributed by atoms with Crippen LogP contribution < -0.4 is 0 Å². The highest BCUT2D eigenvalue weighted by Gasteiger charge is 2.39. The molecular formula is C13H15FO4. The summed E-state index contributed by atoms with van der Waals surface area (Å²) in [6.07, 6.45) is -0.243. The van der Waals surface area contributed by atoms with Crippen LogP contribution in [0.25, 0.3) is 0 Å². The molecule has 1 fully saturated rings. The first kappa shape index (κ1) is 13.0. The molecule has 1 heterocycles. The molecule has 0 N–H and O–H groups in total. The molecule has 2 rings (SSSR count). The molecule has 0 spiro atoms. The fourth-order valence-corrected chi connectivity index (χ4v) is 1.93. The van der Waals surface area contributed by atoms with Gasteiger partial charge in [0.25, 0.3) is 0 Å². The maximum absolute atomic E-state index is 13.2. The molecule has 0 aromatic heterocycles. The van der Waals surface area contributed by atoms with Crippen LogP contribution in [0.3, 0.4) is 0 Å². The van der Waals surface area contributed by atoms with E-state index in [1.807, 2.05) is 0 Å². The van der Waals surface area contributed by atoms with E-state index in [9.17, 15) is 9.18 Å². The Morgan fingerprint density at radius 1 is 1.61 bits per heavy atom. The summed E-state index contributed by atoms with van der Waals surface area (Å²) < 4.78 is 29.0. The van der Waals surface area contributed by atoms with Crippen LogP contribution in [0.2, 0.25) is 0 Å². The molecule has 0 aliphatic carbocycles. The third kappa shape index (κ3) is 2.68.